The van der Waals surface area contributed by atoms with Crippen molar-refractivity contribution in [1.29, 1.82) is 0 Å². The van der Waals surface area contributed by atoms with Crippen LogP contribution in [0.3, 0.4) is 0 Å². The van der Waals surface area contributed by atoms with Crippen molar-refractivity contribution >= 4 is 17.3 Å². The maximum atomic E-state index is 13.1. The first kappa shape index (κ1) is 16.9. The second-order valence-corrected chi connectivity index (χ2v) is 7.08. The van der Waals surface area contributed by atoms with Gasteiger partial charge in [-0.3, -0.25) is 14.4 Å². The third-order valence-corrected chi connectivity index (χ3v) is 5.46. The van der Waals surface area contributed by atoms with Crippen LogP contribution in [0.4, 0.5) is 0 Å². The highest BCUT2D eigenvalue weighted by Gasteiger charge is 2.50. The Kier molecular flexibility index (Phi) is 4.29. The Labute approximate surface area is 152 Å². The summed E-state index contributed by atoms with van der Waals surface area (Å²) in [5.41, 5.74) is 1.87. The highest BCUT2D eigenvalue weighted by Crippen LogP contribution is 2.41. The Hall–Kier alpha value is -2.59. The van der Waals surface area contributed by atoms with Crippen LogP contribution >= 0.6 is 0 Å². The van der Waals surface area contributed by atoms with Crippen molar-refractivity contribution in [3.8, 4) is 0 Å². The number of fused-ring (bicyclic) bond motifs is 2. The second-order valence-electron chi connectivity index (χ2n) is 7.08. The number of carbonyl (C=O) groups excluding carboxylic acids is 3. The summed E-state index contributed by atoms with van der Waals surface area (Å²) >= 11 is 0. The molecule has 0 saturated heterocycles. The Bertz CT molecular complexity index is 871. The summed E-state index contributed by atoms with van der Waals surface area (Å²) in [6, 6.07) is 16.6. The maximum absolute atomic E-state index is 13.1. The molecule has 0 bridgehead atoms. The Morgan fingerprint density at radius 2 is 1.46 bits per heavy atom. The molecule has 26 heavy (non-hydrogen) atoms. The van der Waals surface area contributed by atoms with Crippen LogP contribution in [0.15, 0.2) is 54.6 Å². The SMILES string of the molecule is CC(OC1CC(=O)CC2C(=O)c3ccccc3C(=O)C12)c1ccccc1. The average molecular weight is 348 g/mol. The molecule has 0 amide bonds. The minimum Gasteiger partial charge on any atom is -0.369 e. The summed E-state index contributed by atoms with van der Waals surface area (Å²) in [6.07, 6.45) is -0.517. The smallest absolute Gasteiger partial charge is 0.170 e. The molecule has 1 fully saturated rings. The zero-order chi connectivity index (χ0) is 18.3. The molecule has 4 rings (SSSR count). The van der Waals surface area contributed by atoms with E-state index in [2.05, 4.69) is 0 Å². The molecule has 2 aromatic carbocycles. The third-order valence-electron chi connectivity index (χ3n) is 5.46. The standard InChI is InChI=1S/C22H20O4/c1-13(14-7-3-2-4-8-14)26-19-12-15(23)11-18-20(19)22(25)17-10-6-5-9-16(17)21(18)24/h2-10,13,18-20H,11-12H2,1H3. The quantitative estimate of drug-likeness (QED) is 0.846. The van der Waals surface area contributed by atoms with Crippen LogP contribution < -0.4 is 0 Å². The van der Waals surface area contributed by atoms with Gasteiger partial charge >= 0.3 is 0 Å². The first-order valence-electron chi connectivity index (χ1n) is 8.96. The lowest BCUT2D eigenvalue weighted by molar-refractivity contribution is -0.131. The van der Waals surface area contributed by atoms with E-state index in [1.807, 2.05) is 37.3 Å². The summed E-state index contributed by atoms with van der Waals surface area (Å²) in [5.74, 6) is -1.40. The third kappa shape index (κ3) is 2.80. The Morgan fingerprint density at radius 3 is 2.15 bits per heavy atom. The van der Waals surface area contributed by atoms with E-state index in [9.17, 15) is 14.4 Å². The van der Waals surface area contributed by atoms with Gasteiger partial charge in [0.2, 0.25) is 0 Å². The predicted octanol–water partition coefficient (Wildman–Crippen LogP) is 3.81. The number of rotatable bonds is 3. The monoisotopic (exact) mass is 348 g/mol. The van der Waals surface area contributed by atoms with Gasteiger partial charge in [0.1, 0.15) is 5.78 Å². The second kappa shape index (κ2) is 6.61. The molecule has 1 saturated carbocycles. The summed E-state index contributed by atoms with van der Waals surface area (Å²) in [5, 5.41) is 0. The lowest BCUT2D eigenvalue weighted by atomic mass is 9.65. The molecular formula is C22H20O4. The summed E-state index contributed by atoms with van der Waals surface area (Å²) in [7, 11) is 0. The zero-order valence-electron chi connectivity index (χ0n) is 14.6. The topological polar surface area (TPSA) is 60.4 Å². The van der Waals surface area contributed by atoms with E-state index in [1.54, 1.807) is 24.3 Å². The highest BCUT2D eigenvalue weighted by molar-refractivity contribution is 6.17. The molecule has 2 aromatic rings. The largest absolute Gasteiger partial charge is 0.369 e. The van der Waals surface area contributed by atoms with Crippen molar-refractivity contribution in [2.75, 3.05) is 0 Å². The van der Waals surface area contributed by atoms with Gasteiger partial charge in [-0.15, -0.1) is 0 Å². The number of benzene rings is 2. The van der Waals surface area contributed by atoms with E-state index in [1.165, 1.54) is 0 Å². The van der Waals surface area contributed by atoms with Gasteiger partial charge in [0.05, 0.1) is 18.1 Å². The normalized spacial score (nSPS) is 26.2. The van der Waals surface area contributed by atoms with E-state index in [-0.39, 0.29) is 36.3 Å². The number of ketones is 3. The molecule has 4 atom stereocenters. The lowest BCUT2D eigenvalue weighted by Gasteiger charge is -2.39. The van der Waals surface area contributed by atoms with E-state index < -0.39 is 17.9 Å². The molecular weight excluding hydrogens is 328 g/mol. The minimum absolute atomic E-state index is 0.0166. The number of Topliss-reactive ketones (excluding diaryl/α,β-unsaturated/α-hetero) is 3. The van der Waals surface area contributed by atoms with Crippen molar-refractivity contribution < 1.29 is 19.1 Å². The van der Waals surface area contributed by atoms with Gasteiger partial charge in [-0.05, 0) is 12.5 Å². The fourth-order valence-electron chi connectivity index (χ4n) is 4.16. The predicted molar refractivity (Wildman–Crippen MR) is 96.1 cm³/mol. The van der Waals surface area contributed by atoms with Crippen molar-refractivity contribution in [2.24, 2.45) is 11.8 Å². The van der Waals surface area contributed by atoms with Crippen LogP contribution in [0.1, 0.15) is 52.1 Å². The number of hydrogen-bond acceptors (Lipinski definition) is 4. The van der Waals surface area contributed by atoms with E-state index >= 15 is 0 Å². The summed E-state index contributed by atoms with van der Waals surface area (Å²) < 4.78 is 6.16. The molecule has 4 heteroatoms. The van der Waals surface area contributed by atoms with Crippen molar-refractivity contribution in [3.05, 3.63) is 71.3 Å². The molecule has 0 aliphatic heterocycles. The Balaban J connectivity index is 1.67. The maximum Gasteiger partial charge on any atom is 0.170 e. The van der Waals surface area contributed by atoms with Gasteiger partial charge in [-0.1, -0.05) is 54.6 Å². The molecule has 4 nitrogen and oxygen atoms in total. The lowest BCUT2D eigenvalue weighted by Crippen LogP contribution is -2.49. The number of carbonyl (C=O) groups is 3. The molecule has 132 valence electrons. The first-order valence-corrected chi connectivity index (χ1v) is 8.96. The minimum atomic E-state index is -0.605. The highest BCUT2D eigenvalue weighted by atomic mass is 16.5. The molecule has 0 aromatic heterocycles. The number of ether oxygens (including phenoxy) is 1. The van der Waals surface area contributed by atoms with Crippen LogP contribution in [0.5, 0.6) is 0 Å². The molecule has 0 radical (unpaired) electrons. The van der Waals surface area contributed by atoms with Crippen LogP contribution in [0, 0.1) is 11.8 Å². The van der Waals surface area contributed by atoms with Crippen LogP contribution in [-0.2, 0) is 9.53 Å². The fraction of sp³-hybridized carbons (Fsp3) is 0.318. The van der Waals surface area contributed by atoms with Crippen LogP contribution in [0.25, 0.3) is 0 Å². The van der Waals surface area contributed by atoms with Crippen molar-refractivity contribution in [2.45, 2.75) is 32.0 Å². The average Bonchev–Trinajstić information content (AvgIpc) is 2.66. The fourth-order valence-corrected chi connectivity index (χ4v) is 4.16. The van der Waals surface area contributed by atoms with Gasteiger partial charge < -0.3 is 4.74 Å². The van der Waals surface area contributed by atoms with E-state index in [4.69, 9.17) is 4.74 Å². The van der Waals surface area contributed by atoms with Gasteiger partial charge in [0, 0.05) is 29.9 Å². The number of hydrogen-bond donors (Lipinski definition) is 0. The van der Waals surface area contributed by atoms with Crippen LogP contribution in [0.2, 0.25) is 0 Å². The summed E-state index contributed by atoms with van der Waals surface area (Å²) in [4.78, 5) is 38.2. The van der Waals surface area contributed by atoms with Gasteiger partial charge in [-0.2, -0.15) is 0 Å². The zero-order valence-corrected chi connectivity index (χ0v) is 14.6. The molecule has 0 N–H and O–H groups in total. The van der Waals surface area contributed by atoms with E-state index in [0.29, 0.717) is 11.1 Å². The Morgan fingerprint density at radius 1 is 0.846 bits per heavy atom. The molecule has 2 aliphatic carbocycles. The van der Waals surface area contributed by atoms with Gasteiger partial charge in [0.15, 0.2) is 11.6 Å². The first-order chi connectivity index (χ1) is 12.6. The molecule has 4 unspecified atom stereocenters. The van der Waals surface area contributed by atoms with Gasteiger partial charge in [-0.25, -0.2) is 0 Å². The molecule has 0 spiro atoms. The van der Waals surface area contributed by atoms with Crippen molar-refractivity contribution in [3.63, 3.8) is 0 Å². The van der Waals surface area contributed by atoms with E-state index in [0.717, 1.165) is 5.56 Å². The van der Waals surface area contributed by atoms with Crippen LogP contribution in [-0.4, -0.2) is 23.5 Å². The van der Waals surface area contributed by atoms with Gasteiger partial charge in [0.25, 0.3) is 0 Å². The molecule has 2 aliphatic rings. The van der Waals surface area contributed by atoms with Crippen molar-refractivity contribution in [1.82, 2.24) is 0 Å². The molecule has 0 heterocycles. The summed E-state index contributed by atoms with van der Waals surface area (Å²) in [6.45, 7) is 1.91.